The molecule has 0 spiro atoms. The van der Waals surface area contributed by atoms with Crippen molar-refractivity contribution in [2.75, 3.05) is 165 Å². The SMILES string of the molecule is Cc1ccc(S(=O)(=O)OCCOCCOCCOCCOCCOCCOCCOCCOCCOCCOCCOCCCNC(=O)OCC2c3ccccc3-c3ccccc32)cc1. The molecule has 1 aliphatic rings. The summed E-state index contributed by atoms with van der Waals surface area (Å²) in [5, 5.41) is 2.80. The Labute approximate surface area is 384 Å². The third-order valence-electron chi connectivity index (χ3n) is 9.57. The topological polar surface area (TPSA) is 183 Å². The number of hydrogen-bond acceptors (Lipinski definition) is 16. The number of rotatable bonds is 41. The summed E-state index contributed by atoms with van der Waals surface area (Å²) in [5.41, 5.74) is 5.76. The number of carbonyl (C=O) groups excluding carboxylic acids is 1. The van der Waals surface area contributed by atoms with Crippen molar-refractivity contribution in [1.82, 2.24) is 5.32 Å². The van der Waals surface area contributed by atoms with Crippen LogP contribution in [-0.2, 0) is 71.1 Å². The summed E-state index contributed by atoms with van der Waals surface area (Å²) >= 11 is 0. The van der Waals surface area contributed by atoms with Crippen LogP contribution in [0.3, 0.4) is 0 Å². The van der Waals surface area contributed by atoms with Gasteiger partial charge in [-0.15, -0.1) is 0 Å². The number of carbonyl (C=O) groups is 1. The van der Waals surface area contributed by atoms with Crippen LogP contribution in [0.2, 0.25) is 0 Å². The molecule has 1 N–H and O–H groups in total. The van der Waals surface area contributed by atoms with Crippen molar-refractivity contribution in [3.63, 3.8) is 0 Å². The highest BCUT2D eigenvalue weighted by molar-refractivity contribution is 7.86. The molecule has 3 aromatic rings. The molecular weight excluding hydrogens is 867 g/mol. The van der Waals surface area contributed by atoms with Gasteiger partial charge in [0.25, 0.3) is 10.1 Å². The minimum absolute atomic E-state index is 0.0416. The molecule has 0 fully saturated rings. The van der Waals surface area contributed by atoms with E-state index in [9.17, 15) is 13.2 Å². The van der Waals surface area contributed by atoms with Crippen molar-refractivity contribution in [1.29, 1.82) is 0 Å². The van der Waals surface area contributed by atoms with Crippen LogP contribution < -0.4 is 5.32 Å². The zero-order valence-corrected chi connectivity index (χ0v) is 38.6. The summed E-state index contributed by atoms with van der Waals surface area (Å²) in [5.74, 6) is 0.0416. The predicted octanol–water partition coefficient (Wildman–Crippen LogP) is 4.81. The maximum atomic E-state index is 12.3. The van der Waals surface area contributed by atoms with Gasteiger partial charge in [0.05, 0.1) is 150 Å². The lowest BCUT2D eigenvalue weighted by atomic mass is 9.98. The van der Waals surface area contributed by atoms with Gasteiger partial charge in [0.15, 0.2) is 0 Å². The van der Waals surface area contributed by atoms with E-state index in [1.165, 1.54) is 34.4 Å². The number of nitrogens with one attached hydrogen (secondary N) is 1. The average molecular weight is 936 g/mol. The van der Waals surface area contributed by atoms with Gasteiger partial charge in [0.2, 0.25) is 0 Å². The highest BCUT2D eigenvalue weighted by atomic mass is 32.2. The van der Waals surface area contributed by atoms with Crippen LogP contribution in [0.15, 0.2) is 77.7 Å². The molecule has 0 saturated heterocycles. The van der Waals surface area contributed by atoms with Gasteiger partial charge in [-0.25, -0.2) is 4.79 Å². The Morgan fingerprint density at radius 2 is 0.800 bits per heavy atom. The molecule has 17 nitrogen and oxygen atoms in total. The second kappa shape index (κ2) is 34.7. The Morgan fingerprint density at radius 1 is 0.462 bits per heavy atom. The monoisotopic (exact) mass is 935 g/mol. The fourth-order valence-corrected chi connectivity index (χ4v) is 7.18. The molecule has 65 heavy (non-hydrogen) atoms. The fourth-order valence-electron chi connectivity index (χ4n) is 6.29. The molecule has 0 saturated carbocycles. The minimum Gasteiger partial charge on any atom is -0.449 e. The van der Waals surface area contributed by atoms with E-state index >= 15 is 0 Å². The predicted molar refractivity (Wildman–Crippen MR) is 241 cm³/mol. The standard InChI is InChI=1S/C47H69NO16S/c1-40-11-13-41(14-12-40)65(50,51)64-38-37-62-36-35-61-34-33-60-32-31-59-30-29-58-28-27-57-26-25-56-24-23-55-22-21-54-20-19-53-18-17-52-16-6-15-48-47(49)63-39-46-44-9-4-2-7-42(44)43-8-3-5-10-45(43)46/h2-5,7-14,46H,6,15-39H2,1H3,(H,48,49). The molecule has 18 heteroatoms. The van der Waals surface area contributed by atoms with Crippen LogP contribution >= 0.6 is 0 Å². The number of aryl methyl sites for hydroxylation is 1. The van der Waals surface area contributed by atoms with Gasteiger partial charge < -0.3 is 62.2 Å². The Kier molecular flexibility index (Phi) is 28.8. The smallest absolute Gasteiger partial charge is 0.407 e. The van der Waals surface area contributed by atoms with Crippen LogP contribution in [0.5, 0.6) is 0 Å². The van der Waals surface area contributed by atoms with Crippen molar-refractivity contribution in [2.24, 2.45) is 0 Å². The largest absolute Gasteiger partial charge is 0.449 e. The van der Waals surface area contributed by atoms with Gasteiger partial charge in [-0.05, 0) is 47.7 Å². The quantitative estimate of drug-likeness (QED) is 0.0604. The van der Waals surface area contributed by atoms with Crippen LogP contribution in [-0.4, -0.2) is 180 Å². The van der Waals surface area contributed by atoms with Crippen LogP contribution in [0.1, 0.15) is 29.0 Å². The van der Waals surface area contributed by atoms with Crippen molar-refractivity contribution in [3.8, 4) is 11.1 Å². The van der Waals surface area contributed by atoms with Gasteiger partial charge in [0.1, 0.15) is 6.61 Å². The molecule has 0 aromatic heterocycles. The zero-order chi connectivity index (χ0) is 45.9. The van der Waals surface area contributed by atoms with Crippen LogP contribution in [0.4, 0.5) is 4.79 Å². The molecule has 0 bridgehead atoms. The van der Waals surface area contributed by atoms with Crippen LogP contribution in [0, 0.1) is 6.92 Å². The second-order valence-corrected chi connectivity index (χ2v) is 16.0. The molecule has 364 valence electrons. The molecule has 1 aliphatic carbocycles. The van der Waals surface area contributed by atoms with E-state index in [0.717, 1.165) is 5.56 Å². The normalized spacial score (nSPS) is 12.4. The first kappa shape index (κ1) is 54.0. The zero-order valence-electron chi connectivity index (χ0n) is 37.8. The molecule has 0 unspecified atom stereocenters. The van der Waals surface area contributed by atoms with E-state index in [1.54, 1.807) is 12.1 Å². The average Bonchev–Trinajstić information content (AvgIpc) is 3.63. The lowest BCUT2D eigenvalue weighted by molar-refractivity contribution is -0.0277. The molecule has 0 radical (unpaired) electrons. The van der Waals surface area contributed by atoms with E-state index in [2.05, 4.69) is 29.6 Å². The maximum absolute atomic E-state index is 12.3. The number of benzene rings is 3. The molecule has 0 heterocycles. The molecule has 4 rings (SSSR count). The van der Waals surface area contributed by atoms with Crippen molar-refractivity contribution in [3.05, 3.63) is 89.5 Å². The number of ether oxygens (including phenoxy) is 12. The van der Waals surface area contributed by atoms with E-state index in [4.69, 9.17) is 61.0 Å². The van der Waals surface area contributed by atoms with E-state index < -0.39 is 16.2 Å². The molecule has 3 aromatic carbocycles. The van der Waals surface area contributed by atoms with Gasteiger partial charge in [-0.3, -0.25) is 4.18 Å². The fraction of sp³-hybridized carbons (Fsp3) is 0.596. The number of alkyl carbamates (subject to hydrolysis) is 1. The lowest BCUT2D eigenvalue weighted by Gasteiger charge is -2.14. The molecular formula is C47H69NO16S. The van der Waals surface area contributed by atoms with Gasteiger partial charge >= 0.3 is 6.09 Å². The third kappa shape index (κ3) is 23.6. The van der Waals surface area contributed by atoms with Crippen molar-refractivity contribution in [2.45, 2.75) is 24.2 Å². The molecule has 0 aliphatic heterocycles. The first-order valence-electron chi connectivity index (χ1n) is 22.4. The number of fused-ring (bicyclic) bond motifs is 3. The van der Waals surface area contributed by atoms with E-state index in [-0.39, 0.29) is 24.0 Å². The summed E-state index contributed by atoms with van der Waals surface area (Å²) in [4.78, 5) is 12.4. The van der Waals surface area contributed by atoms with Crippen molar-refractivity contribution < 1.29 is 74.2 Å². The van der Waals surface area contributed by atoms with Gasteiger partial charge in [-0.1, -0.05) is 66.2 Å². The Hall–Kier alpha value is -3.60. The molecule has 0 atom stereocenters. The Morgan fingerprint density at radius 3 is 1.18 bits per heavy atom. The Bertz CT molecular complexity index is 1740. The number of amides is 1. The summed E-state index contributed by atoms with van der Waals surface area (Å²) in [7, 11) is -3.79. The first-order chi connectivity index (χ1) is 32.0. The van der Waals surface area contributed by atoms with Gasteiger partial charge in [-0.2, -0.15) is 8.42 Å². The van der Waals surface area contributed by atoms with Crippen molar-refractivity contribution >= 4 is 16.2 Å². The van der Waals surface area contributed by atoms with E-state index in [0.29, 0.717) is 158 Å². The third-order valence-corrected chi connectivity index (χ3v) is 10.9. The summed E-state index contributed by atoms with van der Waals surface area (Å²) in [6.45, 7) is 12.2. The molecule has 1 amide bonds. The highest BCUT2D eigenvalue weighted by Gasteiger charge is 2.29. The first-order valence-corrected chi connectivity index (χ1v) is 23.8. The van der Waals surface area contributed by atoms with E-state index in [1.807, 2.05) is 31.2 Å². The van der Waals surface area contributed by atoms with Gasteiger partial charge in [0, 0.05) is 19.1 Å². The maximum Gasteiger partial charge on any atom is 0.407 e. The minimum atomic E-state index is -3.79. The Balaban J connectivity index is 0.764. The highest BCUT2D eigenvalue weighted by Crippen LogP contribution is 2.44. The lowest BCUT2D eigenvalue weighted by Crippen LogP contribution is -2.27. The van der Waals surface area contributed by atoms with Crippen LogP contribution in [0.25, 0.3) is 11.1 Å². The summed E-state index contributed by atoms with van der Waals surface area (Å²) in [6, 6.07) is 23.0. The summed E-state index contributed by atoms with van der Waals surface area (Å²) in [6.07, 6.45) is 0.253. The number of hydrogen-bond donors (Lipinski definition) is 1. The second-order valence-electron chi connectivity index (χ2n) is 14.4. The summed E-state index contributed by atoms with van der Waals surface area (Å²) < 4.78 is 95.2.